The SMILES string of the molecule is O=C1CCN(C(=O)c2ccc(F)cc2[N+](=O)[O-])CC1. The molecule has 100 valence electrons. The zero-order chi connectivity index (χ0) is 14.0. The Hall–Kier alpha value is -2.31. The number of Topliss-reactive ketones (excluding diaryl/α,β-unsaturated/α-hetero) is 1. The average molecular weight is 266 g/mol. The number of nitrogens with zero attached hydrogens (tertiary/aromatic N) is 2. The second-order valence-corrected chi connectivity index (χ2v) is 4.25. The fraction of sp³-hybridized carbons (Fsp3) is 0.333. The number of hydrogen-bond donors (Lipinski definition) is 0. The standard InChI is InChI=1S/C12H11FN2O4/c13-8-1-2-10(11(7-8)15(18)19)12(17)14-5-3-9(16)4-6-14/h1-2,7H,3-6H2. The molecule has 0 radical (unpaired) electrons. The Balaban J connectivity index is 2.28. The van der Waals surface area contributed by atoms with E-state index in [9.17, 15) is 24.1 Å². The van der Waals surface area contributed by atoms with Crippen LogP contribution in [0, 0.1) is 15.9 Å². The summed E-state index contributed by atoms with van der Waals surface area (Å²) < 4.78 is 13.0. The number of benzene rings is 1. The van der Waals surface area contributed by atoms with Crippen LogP contribution in [0.25, 0.3) is 0 Å². The summed E-state index contributed by atoms with van der Waals surface area (Å²) in [6, 6.07) is 2.84. The van der Waals surface area contributed by atoms with E-state index in [1.807, 2.05) is 0 Å². The number of ketones is 1. The van der Waals surface area contributed by atoms with Crippen LogP contribution in [0.5, 0.6) is 0 Å². The second-order valence-electron chi connectivity index (χ2n) is 4.25. The molecule has 1 aromatic carbocycles. The first-order valence-electron chi connectivity index (χ1n) is 5.74. The topological polar surface area (TPSA) is 80.5 Å². The number of halogens is 1. The highest BCUT2D eigenvalue weighted by Gasteiger charge is 2.27. The fourth-order valence-corrected chi connectivity index (χ4v) is 1.97. The summed E-state index contributed by atoms with van der Waals surface area (Å²) in [5.41, 5.74) is -0.706. The van der Waals surface area contributed by atoms with Gasteiger partial charge in [-0.15, -0.1) is 0 Å². The number of piperidine rings is 1. The molecule has 1 saturated heterocycles. The van der Waals surface area contributed by atoms with E-state index in [4.69, 9.17) is 0 Å². The molecule has 1 fully saturated rings. The second kappa shape index (κ2) is 5.13. The predicted octanol–water partition coefficient (Wildman–Crippen LogP) is 1.54. The quantitative estimate of drug-likeness (QED) is 0.600. The van der Waals surface area contributed by atoms with Gasteiger partial charge in [0.1, 0.15) is 17.2 Å². The van der Waals surface area contributed by atoms with Gasteiger partial charge in [0.05, 0.1) is 11.0 Å². The highest BCUT2D eigenvalue weighted by atomic mass is 19.1. The molecule has 1 aliphatic heterocycles. The van der Waals surface area contributed by atoms with E-state index < -0.39 is 22.3 Å². The molecule has 7 heteroatoms. The molecule has 6 nitrogen and oxygen atoms in total. The van der Waals surface area contributed by atoms with Crippen LogP contribution in [0.1, 0.15) is 23.2 Å². The van der Waals surface area contributed by atoms with Gasteiger partial charge in [0.15, 0.2) is 0 Å². The van der Waals surface area contributed by atoms with Crippen LogP contribution in [0.2, 0.25) is 0 Å². The Morgan fingerprint density at radius 2 is 1.95 bits per heavy atom. The van der Waals surface area contributed by atoms with Crippen molar-refractivity contribution < 1.29 is 18.9 Å². The first-order valence-corrected chi connectivity index (χ1v) is 5.74. The maximum atomic E-state index is 13.0. The third-order valence-corrected chi connectivity index (χ3v) is 3.00. The van der Waals surface area contributed by atoms with E-state index in [-0.39, 0.29) is 37.3 Å². The van der Waals surface area contributed by atoms with Gasteiger partial charge in [-0.3, -0.25) is 19.7 Å². The molecule has 0 atom stereocenters. The van der Waals surface area contributed by atoms with Crippen molar-refractivity contribution in [1.82, 2.24) is 4.90 Å². The van der Waals surface area contributed by atoms with E-state index in [1.165, 1.54) is 4.90 Å². The number of nitro benzene ring substituents is 1. The van der Waals surface area contributed by atoms with Crippen LogP contribution in [-0.2, 0) is 4.79 Å². The normalized spacial score (nSPS) is 15.4. The molecule has 0 saturated carbocycles. The van der Waals surface area contributed by atoms with Crippen molar-refractivity contribution in [3.8, 4) is 0 Å². The maximum Gasteiger partial charge on any atom is 0.285 e. The van der Waals surface area contributed by atoms with E-state index >= 15 is 0 Å². The Kier molecular flexibility index (Phi) is 3.55. The van der Waals surface area contributed by atoms with Crippen molar-refractivity contribution in [3.05, 3.63) is 39.7 Å². The van der Waals surface area contributed by atoms with Crippen LogP contribution in [0.4, 0.5) is 10.1 Å². The third-order valence-electron chi connectivity index (χ3n) is 3.00. The molecule has 1 amide bonds. The highest BCUT2D eigenvalue weighted by molar-refractivity contribution is 5.99. The van der Waals surface area contributed by atoms with Gasteiger partial charge in [0.2, 0.25) is 0 Å². The molecule has 1 heterocycles. The first kappa shape index (κ1) is 13.1. The van der Waals surface area contributed by atoms with Crippen molar-refractivity contribution in [2.45, 2.75) is 12.8 Å². The average Bonchev–Trinajstić information content (AvgIpc) is 2.38. The zero-order valence-corrected chi connectivity index (χ0v) is 9.97. The van der Waals surface area contributed by atoms with Gasteiger partial charge in [0, 0.05) is 25.9 Å². The van der Waals surface area contributed by atoms with Gasteiger partial charge < -0.3 is 4.90 Å². The number of carbonyl (C=O) groups is 2. The Morgan fingerprint density at radius 3 is 2.53 bits per heavy atom. The summed E-state index contributed by atoms with van der Waals surface area (Å²) in [6.45, 7) is 0.485. The molecule has 0 aliphatic carbocycles. The van der Waals surface area contributed by atoms with Crippen LogP contribution in [0.15, 0.2) is 18.2 Å². The number of hydrogen-bond acceptors (Lipinski definition) is 4. The van der Waals surface area contributed by atoms with Gasteiger partial charge in [-0.05, 0) is 12.1 Å². The smallest absolute Gasteiger partial charge is 0.285 e. The number of nitro groups is 1. The number of likely N-dealkylation sites (tertiary alicyclic amines) is 1. The van der Waals surface area contributed by atoms with Crippen molar-refractivity contribution in [2.75, 3.05) is 13.1 Å². The summed E-state index contributed by atoms with van der Waals surface area (Å²) in [6.07, 6.45) is 0.501. The lowest BCUT2D eigenvalue weighted by molar-refractivity contribution is -0.385. The highest BCUT2D eigenvalue weighted by Crippen LogP contribution is 2.22. The molecular formula is C12H11FN2O4. The maximum absolute atomic E-state index is 13.0. The summed E-state index contributed by atoms with van der Waals surface area (Å²) in [7, 11) is 0. The minimum atomic E-state index is -0.786. The molecule has 19 heavy (non-hydrogen) atoms. The Morgan fingerprint density at radius 1 is 1.32 bits per heavy atom. The summed E-state index contributed by atoms with van der Waals surface area (Å²) >= 11 is 0. The van der Waals surface area contributed by atoms with Gasteiger partial charge in [0.25, 0.3) is 11.6 Å². The summed E-state index contributed by atoms with van der Waals surface area (Å²) in [4.78, 5) is 34.6. The largest absolute Gasteiger partial charge is 0.338 e. The molecule has 0 unspecified atom stereocenters. The van der Waals surface area contributed by atoms with Crippen molar-refractivity contribution >= 4 is 17.4 Å². The fourth-order valence-electron chi connectivity index (χ4n) is 1.97. The number of rotatable bonds is 2. The van der Waals surface area contributed by atoms with Gasteiger partial charge in [-0.1, -0.05) is 0 Å². The number of carbonyl (C=O) groups excluding carboxylic acids is 2. The van der Waals surface area contributed by atoms with E-state index in [1.54, 1.807) is 0 Å². The minimum absolute atomic E-state index is 0.0673. The molecule has 0 bridgehead atoms. The molecule has 0 N–H and O–H groups in total. The van der Waals surface area contributed by atoms with Gasteiger partial charge >= 0.3 is 0 Å². The molecular weight excluding hydrogens is 255 g/mol. The van der Waals surface area contributed by atoms with Crippen molar-refractivity contribution in [2.24, 2.45) is 0 Å². The Labute approximate surface area is 108 Å². The van der Waals surface area contributed by atoms with Crippen LogP contribution >= 0.6 is 0 Å². The van der Waals surface area contributed by atoms with Crippen LogP contribution in [0.3, 0.4) is 0 Å². The van der Waals surface area contributed by atoms with E-state index in [0.29, 0.717) is 0 Å². The van der Waals surface area contributed by atoms with Crippen LogP contribution < -0.4 is 0 Å². The predicted molar refractivity (Wildman–Crippen MR) is 63.2 cm³/mol. The summed E-state index contributed by atoms with van der Waals surface area (Å²) in [5, 5.41) is 10.8. The molecule has 0 aromatic heterocycles. The Bertz CT molecular complexity index is 549. The van der Waals surface area contributed by atoms with Crippen molar-refractivity contribution in [3.63, 3.8) is 0 Å². The third kappa shape index (κ3) is 2.75. The van der Waals surface area contributed by atoms with Crippen LogP contribution in [-0.4, -0.2) is 34.6 Å². The van der Waals surface area contributed by atoms with Gasteiger partial charge in [-0.2, -0.15) is 0 Å². The molecule has 0 spiro atoms. The monoisotopic (exact) mass is 266 g/mol. The lowest BCUT2D eigenvalue weighted by Gasteiger charge is -2.25. The lowest BCUT2D eigenvalue weighted by atomic mass is 10.1. The number of amides is 1. The molecule has 2 rings (SSSR count). The lowest BCUT2D eigenvalue weighted by Crippen LogP contribution is -2.38. The van der Waals surface area contributed by atoms with E-state index in [2.05, 4.69) is 0 Å². The van der Waals surface area contributed by atoms with E-state index in [0.717, 1.165) is 18.2 Å². The van der Waals surface area contributed by atoms with Crippen molar-refractivity contribution in [1.29, 1.82) is 0 Å². The molecule has 1 aromatic rings. The zero-order valence-electron chi connectivity index (χ0n) is 9.97. The van der Waals surface area contributed by atoms with Gasteiger partial charge in [-0.25, -0.2) is 4.39 Å². The summed E-state index contributed by atoms with van der Waals surface area (Å²) in [5.74, 6) is -1.24. The molecule has 1 aliphatic rings. The first-order chi connectivity index (χ1) is 8.99. The minimum Gasteiger partial charge on any atom is -0.338 e.